The highest BCUT2D eigenvalue weighted by Crippen LogP contribution is 2.30. The number of hydrogen-bond donors (Lipinski definition) is 0. The van der Waals surface area contributed by atoms with Crippen molar-refractivity contribution in [1.29, 1.82) is 0 Å². The fourth-order valence-corrected chi connectivity index (χ4v) is 1.89. The molecule has 0 N–H and O–H groups in total. The highest BCUT2D eigenvalue weighted by atomic mass is 35.5. The first-order chi connectivity index (χ1) is 5.32. The number of aliphatic imine (C=N–C) groups is 1. The summed E-state index contributed by atoms with van der Waals surface area (Å²) in [5.41, 5.74) is -0.442. The van der Waals surface area contributed by atoms with Gasteiger partial charge in [0, 0.05) is 37.4 Å². The van der Waals surface area contributed by atoms with E-state index in [-0.39, 0.29) is 0 Å². The summed E-state index contributed by atoms with van der Waals surface area (Å²) in [5.74, 6) is 0.329. The minimum Gasteiger partial charge on any atom is -0.212 e. The Kier molecular flexibility index (Phi) is 2.03. The van der Waals surface area contributed by atoms with Crippen LogP contribution in [0.2, 0.25) is 0 Å². The molecule has 1 aliphatic rings. The van der Waals surface area contributed by atoms with Crippen molar-refractivity contribution < 1.29 is 4.76 Å². The Bertz CT molecular complexity index is 256. The van der Waals surface area contributed by atoms with E-state index >= 15 is 0 Å². The molecule has 0 fully saturated rings. The number of nitrogens with zero attached hydrogens (tertiary/aromatic N) is 2. The Balaban J connectivity index is 3.12. The number of rotatable bonds is 1. The van der Waals surface area contributed by atoms with Crippen molar-refractivity contribution in [2.24, 2.45) is 4.99 Å². The van der Waals surface area contributed by atoms with Crippen molar-refractivity contribution in [2.75, 3.05) is 5.88 Å². The van der Waals surface area contributed by atoms with E-state index in [4.69, 9.17) is 11.6 Å². The molecule has 0 saturated heterocycles. The highest BCUT2D eigenvalue weighted by Gasteiger charge is 2.56. The third kappa shape index (κ3) is 1.16. The predicted molar refractivity (Wildman–Crippen MR) is 49.9 cm³/mol. The Morgan fingerprint density at radius 3 is 2.08 bits per heavy atom. The van der Waals surface area contributed by atoms with Crippen LogP contribution in [0.5, 0.6) is 0 Å². The molecule has 0 radical (unpaired) electrons. The smallest absolute Gasteiger partial charge is 0.212 e. The van der Waals surface area contributed by atoms with Gasteiger partial charge in [0.1, 0.15) is 5.71 Å². The fourth-order valence-electron chi connectivity index (χ4n) is 1.51. The fraction of sp³-hybridized carbons (Fsp3) is 0.875. The van der Waals surface area contributed by atoms with Gasteiger partial charge < -0.3 is 0 Å². The highest BCUT2D eigenvalue weighted by molar-refractivity contribution is 6.30. The maximum atomic E-state index is 11.7. The Labute approximate surface area is 77.4 Å². The van der Waals surface area contributed by atoms with Gasteiger partial charge in [0.25, 0.3) is 5.66 Å². The average Bonchev–Trinajstić information content (AvgIpc) is 2.11. The van der Waals surface area contributed by atoms with Crippen LogP contribution >= 0.6 is 11.6 Å². The Hall–Kier alpha value is -0.440. The number of halogens is 1. The van der Waals surface area contributed by atoms with Crippen LogP contribution in [-0.4, -0.2) is 27.6 Å². The molecule has 0 spiro atoms. The van der Waals surface area contributed by atoms with E-state index in [0.29, 0.717) is 5.88 Å². The molecule has 0 unspecified atom stereocenters. The molecule has 3 nitrogen and oxygen atoms in total. The van der Waals surface area contributed by atoms with E-state index in [9.17, 15) is 4.91 Å². The predicted octanol–water partition coefficient (Wildman–Crippen LogP) is 1.97. The number of nitroso groups, excluding NO2 is 1. The summed E-state index contributed by atoms with van der Waals surface area (Å²) in [5, 5.41) is 0. The lowest BCUT2D eigenvalue weighted by molar-refractivity contribution is -0.653. The molecule has 0 amide bonds. The molecule has 1 rings (SSSR count). The van der Waals surface area contributed by atoms with Gasteiger partial charge in [0.2, 0.25) is 5.54 Å². The zero-order valence-electron chi connectivity index (χ0n) is 7.89. The third-order valence-electron chi connectivity index (χ3n) is 2.25. The monoisotopic (exact) mass is 189 g/mol. The summed E-state index contributed by atoms with van der Waals surface area (Å²) in [7, 11) is 0. The second kappa shape index (κ2) is 2.52. The molecule has 4 heteroatoms. The Morgan fingerprint density at radius 2 is 1.92 bits per heavy atom. The number of alkyl halides is 1. The van der Waals surface area contributed by atoms with Crippen molar-refractivity contribution in [2.45, 2.75) is 38.9 Å². The van der Waals surface area contributed by atoms with Gasteiger partial charge in [-0.1, -0.05) is 0 Å². The van der Waals surface area contributed by atoms with E-state index in [1.807, 2.05) is 13.8 Å². The van der Waals surface area contributed by atoms with Crippen molar-refractivity contribution in [3.05, 3.63) is 4.91 Å². The average molecular weight is 190 g/mol. The topological polar surface area (TPSA) is 32.4 Å². The van der Waals surface area contributed by atoms with Gasteiger partial charge in [-0.05, 0) is 0 Å². The van der Waals surface area contributed by atoms with Crippen molar-refractivity contribution in [1.82, 2.24) is 0 Å². The van der Waals surface area contributed by atoms with Gasteiger partial charge in [-0.2, -0.15) is 0 Å². The van der Waals surface area contributed by atoms with E-state index in [1.54, 1.807) is 13.8 Å². The van der Waals surface area contributed by atoms with Crippen LogP contribution < -0.4 is 0 Å². The lowest BCUT2D eigenvalue weighted by atomic mass is 10.0. The van der Waals surface area contributed by atoms with Gasteiger partial charge in [-0.3, -0.25) is 0 Å². The molecule has 0 aromatic heterocycles. The van der Waals surface area contributed by atoms with Gasteiger partial charge >= 0.3 is 0 Å². The summed E-state index contributed by atoms with van der Waals surface area (Å²) >= 11 is 5.69. The van der Waals surface area contributed by atoms with Gasteiger partial charge in [0.05, 0.1) is 5.88 Å². The second-order valence-electron chi connectivity index (χ2n) is 4.04. The molecule has 68 valence electrons. The van der Waals surface area contributed by atoms with E-state index in [0.717, 1.165) is 10.5 Å². The molecule has 1 heterocycles. The van der Waals surface area contributed by atoms with Crippen molar-refractivity contribution in [3.8, 4) is 0 Å². The van der Waals surface area contributed by atoms with Gasteiger partial charge in [-0.15, -0.1) is 11.6 Å². The molecule has 0 bridgehead atoms. The normalized spacial score (nSPS) is 25.8. The molecule has 1 aliphatic heterocycles. The summed E-state index contributed by atoms with van der Waals surface area (Å²) in [6, 6.07) is 0. The standard InChI is InChI=1S/C8H14ClN2O/c1-7(2)6(5-9)10-8(3,4)11(7)12/h5H2,1-4H3/q+1. The van der Waals surface area contributed by atoms with Crippen LogP contribution in [0.15, 0.2) is 4.99 Å². The second-order valence-corrected chi connectivity index (χ2v) is 4.31. The summed E-state index contributed by atoms with van der Waals surface area (Å²) in [4.78, 5) is 15.9. The lowest BCUT2D eigenvalue weighted by Crippen LogP contribution is -2.43. The largest absolute Gasteiger partial charge is 0.298 e. The van der Waals surface area contributed by atoms with Crippen molar-refractivity contribution >= 4 is 17.3 Å². The Morgan fingerprint density at radius 1 is 1.42 bits per heavy atom. The molecule has 12 heavy (non-hydrogen) atoms. The maximum Gasteiger partial charge on any atom is 0.298 e. The van der Waals surface area contributed by atoms with Crippen LogP contribution in [0.4, 0.5) is 0 Å². The van der Waals surface area contributed by atoms with Crippen LogP contribution in [0, 0.1) is 4.91 Å². The van der Waals surface area contributed by atoms with Crippen LogP contribution in [0.25, 0.3) is 0 Å². The van der Waals surface area contributed by atoms with Gasteiger partial charge in [-0.25, -0.2) is 4.99 Å². The number of hydrogen-bond acceptors (Lipinski definition) is 2. The first kappa shape index (κ1) is 9.65. The minimum absolute atomic E-state index is 0.329. The first-order valence-corrected chi connectivity index (χ1v) is 4.48. The van der Waals surface area contributed by atoms with Gasteiger partial charge in [0.15, 0.2) is 0 Å². The zero-order chi connectivity index (χ0) is 9.57. The van der Waals surface area contributed by atoms with Crippen LogP contribution in [-0.2, 0) is 0 Å². The molecule has 0 atom stereocenters. The molecular formula is C8H14ClN2O+. The molecule has 0 aromatic carbocycles. The van der Waals surface area contributed by atoms with Crippen LogP contribution in [0.3, 0.4) is 0 Å². The summed E-state index contributed by atoms with van der Waals surface area (Å²) in [6.45, 7) is 7.27. The zero-order valence-corrected chi connectivity index (χ0v) is 8.64. The van der Waals surface area contributed by atoms with E-state index < -0.39 is 11.2 Å². The minimum atomic E-state index is -0.659. The summed E-state index contributed by atoms with van der Waals surface area (Å²) < 4.78 is 0.998. The molecular weight excluding hydrogens is 176 g/mol. The molecule has 0 aliphatic carbocycles. The summed E-state index contributed by atoms with van der Waals surface area (Å²) in [6.07, 6.45) is 0. The maximum absolute atomic E-state index is 11.7. The first-order valence-electron chi connectivity index (χ1n) is 3.95. The lowest BCUT2D eigenvalue weighted by Gasteiger charge is -2.12. The molecule has 0 saturated carbocycles. The molecule has 0 aromatic rings. The van der Waals surface area contributed by atoms with E-state index in [1.165, 1.54) is 0 Å². The SMILES string of the molecule is CC1(C)N=C(CCl)C(C)(C)[N+]1=O. The quantitative estimate of drug-likeness (QED) is 0.459. The van der Waals surface area contributed by atoms with Crippen LogP contribution in [0.1, 0.15) is 27.7 Å². The van der Waals surface area contributed by atoms with E-state index in [2.05, 4.69) is 4.99 Å². The third-order valence-corrected chi connectivity index (χ3v) is 2.50. The van der Waals surface area contributed by atoms with Crippen molar-refractivity contribution in [3.63, 3.8) is 0 Å².